The molecule has 0 aliphatic heterocycles. The van der Waals surface area contributed by atoms with Gasteiger partial charge in [-0.15, -0.1) is 10.2 Å². The van der Waals surface area contributed by atoms with Crippen LogP contribution in [-0.4, -0.2) is 51.1 Å². The lowest BCUT2D eigenvalue weighted by Crippen LogP contribution is -2.33. The highest BCUT2D eigenvalue weighted by Crippen LogP contribution is 2.09. The Bertz CT molecular complexity index is 556. The van der Waals surface area contributed by atoms with Crippen LogP contribution in [0.2, 0.25) is 0 Å². The number of aryl methyl sites for hydroxylation is 1. The maximum Gasteiger partial charge on any atom is 0.146 e. The van der Waals surface area contributed by atoms with Gasteiger partial charge in [-0.05, 0) is 26.1 Å². The number of rotatable bonds is 7. The number of ether oxygens (including phenoxy) is 1. The first-order chi connectivity index (χ1) is 10.1. The molecular formula is C15H22N4O2. The second kappa shape index (κ2) is 7.19. The number of aliphatic hydroxyl groups is 1. The van der Waals surface area contributed by atoms with Crippen molar-refractivity contribution < 1.29 is 9.84 Å². The third-order valence-electron chi connectivity index (χ3n) is 3.30. The Balaban J connectivity index is 1.77. The summed E-state index contributed by atoms with van der Waals surface area (Å²) in [5.41, 5.74) is 0. The van der Waals surface area contributed by atoms with E-state index < -0.39 is 6.10 Å². The van der Waals surface area contributed by atoms with Gasteiger partial charge in [0.15, 0.2) is 0 Å². The van der Waals surface area contributed by atoms with Crippen molar-refractivity contribution in [3.05, 3.63) is 42.0 Å². The SMILES string of the molecule is Cc1nnc(CN(C)CC(O)COc2ccccc2)n1C. The summed E-state index contributed by atoms with van der Waals surface area (Å²) < 4.78 is 7.48. The first-order valence-electron chi connectivity index (χ1n) is 6.95. The van der Waals surface area contributed by atoms with Gasteiger partial charge >= 0.3 is 0 Å². The van der Waals surface area contributed by atoms with Gasteiger partial charge < -0.3 is 14.4 Å². The Hall–Kier alpha value is -1.92. The third-order valence-corrected chi connectivity index (χ3v) is 3.30. The minimum Gasteiger partial charge on any atom is -0.491 e. The molecule has 1 atom stereocenters. The molecule has 1 aromatic carbocycles. The van der Waals surface area contributed by atoms with Crippen LogP contribution in [0, 0.1) is 6.92 Å². The average Bonchev–Trinajstić information content (AvgIpc) is 2.78. The lowest BCUT2D eigenvalue weighted by Gasteiger charge is -2.20. The highest BCUT2D eigenvalue weighted by molar-refractivity contribution is 5.20. The molecule has 2 rings (SSSR count). The molecule has 6 nitrogen and oxygen atoms in total. The minimum absolute atomic E-state index is 0.270. The van der Waals surface area contributed by atoms with Crippen molar-refractivity contribution in [3.63, 3.8) is 0 Å². The van der Waals surface area contributed by atoms with Gasteiger partial charge in [0.1, 0.15) is 30.1 Å². The van der Waals surface area contributed by atoms with E-state index in [1.807, 2.05) is 60.8 Å². The second-order valence-electron chi connectivity index (χ2n) is 5.20. The lowest BCUT2D eigenvalue weighted by molar-refractivity contribution is 0.0734. The Morgan fingerprint density at radius 3 is 2.62 bits per heavy atom. The topological polar surface area (TPSA) is 63.4 Å². The Labute approximate surface area is 125 Å². The molecule has 2 aromatic rings. The molecule has 0 bridgehead atoms. The van der Waals surface area contributed by atoms with E-state index in [0.29, 0.717) is 13.1 Å². The number of hydrogen-bond donors (Lipinski definition) is 1. The summed E-state index contributed by atoms with van der Waals surface area (Å²) >= 11 is 0. The standard InChI is InChI=1S/C15H22N4O2/c1-12-16-17-15(19(12)3)10-18(2)9-13(20)11-21-14-7-5-4-6-8-14/h4-8,13,20H,9-11H2,1-3H3. The number of aliphatic hydroxyl groups excluding tert-OH is 1. The fraction of sp³-hybridized carbons (Fsp3) is 0.467. The molecule has 0 aliphatic carbocycles. The molecule has 114 valence electrons. The third kappa shape index (κ3) is 4.54. The van der Waals surface area contributed by atoms with Gasteiger partial charge in [0.05, 0.1) is 6.54 Å². The highest BCUT2D eigenvalue weighted by Gasteiger charge is 2.12. The van der Waals surface area contributed by atoms with Crippen LogP contribution >= 0.6 is 0 Å². The molecule has 0 spiro atoms. The van der Waals surface area contributed by atoms with Gasteiger partial charge in [0, 0.05) is 13.6 Å². The molecule has 0 amide bonds. The molecule has 6 heteroatoms. The van der Waals surface area contributed by atoms with Crippen molar-refractivity contribution in [1.29, 1.82) is 0 Å². The van der Waals surface area contributed by atoms with E-state index in [9.17, 15) is 5.11 Å². The van der Waals surface area contributed by atoms with Gasteiger partial charge in [-0.1, -0.05) is 18.2 Å². The number of aromatic nitrogens is 3. The Kier molecular flexibility index (Phi) is 5.30. The number of likely N-dealkylation sites (N-methyl/N-ethyl adjacent to an activating group) is 1. The fourth-order valence-corrected chi connectivity index (χ4v) is 2.02. The lowest BCUT2D eigenvalue weighted by atomic mass is 10.3. The average molecular weight is 290 g/mol. The monoisotopic (exact) mass is 290 g/mol. The molecule has 0 saturated carbocycles. The smallest absolute Gasteiger partial charge is 0.146 e. The molecule has 0 aliphatic rings. The van der Waals surface area contributed by atoms with Crippen LogP contribution < -0.4 is 4.74 Å². The quantitative estimate of drug-likeness (QED) is 0.824. The molecule has 0 saturated heterocycles. The Morgan fingerprint density at radius 1 is 1.29 bits per heavy atom. The molecule has 1 unspecified atom stereocenters. The zero-order chi connectivity index (χ0) is 15.2. The normalized spacial score (nSPS) is 12.6. The van der Waals surface area contributed by atoms with Gasteiger partial charge in [-0.25, -0.2) is 0 Å². The first-order valence-corrected chi connectivity index (χ1v) is 6.95. The summed E-state index contributed by atoms with van der Waals surface area (Å²) in [7, 11) is 3.88. The van der Waals surface area contributed by atoms with Crippen LogP contribution in [0.3, 0.4) is 0 Å². The van der Waals surface area contributed by atoms with Gasteiger partial charge in [0.2, 0.25) is 0 Å². The van der Waals surface area contributed by atoms with Crippen LogP contribution in [0.4, 0.5) is 0 Å². The van der Waals surface area contributed by atoms with Gasteiger partial charge in [-0.2, -0.15) is 0 Å². The van der Waals surface area contributed by atoms with E-state index in [1.54, 1.807) is 0 Å². The molecule has 0 radical (unpaired) electrons. The zero-order valence-electron chi connectivity index (χ0n) is 12.7. The molecular weight excluding hydrogens is 268 g/mol. The van der Waals surface area contributed by atoms with Crippen molar-refractivity contribution in [2.24, 2.45) is 7.05 Å². The van der Waals surface area contributed by atoms with Crippen LogP contribution in [0.15, 0.2) is 30.3 Å². The van der Waals surface area contributed by atoms with E-state index in [-0.39, 0.29) is 6.61 Å². The summed E-state index contributed by atoms with van der Waals surface area (Å²) in [5, 5.41) is 18.2. The summed E-state index contributed by atoms with van der Waals surface area (Å²) in [4.78, 5) is 2.00. The molecule has 0 fully saturated rings. The highest BCUT2D eigenvalue weighted by atomic mass is 16.5. The fourth-order valence-electron chi connectivity index (χ4n) is 2.02. The second-order valence-corrected chi connectivity index (χ2v) is 5.20. The molecule has 21 heavy (non-hydrogen) atoms. The van der Waals surface area contributed by atoms with Crippen molar-refractivity contribution in [3.8, 4) is 5.75 Å². The van der Waals surface area contributed by atoms with E-state index in [4.69, 9.17) is 4.74 Å². The molecule has 1 heterocycles. The summed E-state index contributed by atoms with van der Waals surface area (Å²) in [6, 6.07) is 9.49. The van der Waals surface area contributed by atoms with Crippen LogP contribution in [0.1, 0.15) is 11.6 Å². The number of para-hydroxylation sites is 1. The van der Waals surface area contributed by atoms with Crippen molar-refractivity contribution in [2.75, 3.05) is 20.2 Å². The predicted octanol–water partition coefficient (Wildman–Crippen LogP) is 0.995. The number of hydrogen-bond acceptors (Lipinski definition) is 5. The van der Waals surface area contributed by atoms with Crippen LogP contribution in [0.5, 0.6) is 5.75 Å². The summed E-state index contributed by atoms with van der Waals surface area (Å²) in [6.07, 6.45) is -0.551. The van der Waals surface area contributed by atoms with E-state index >= 15 is 0 Å². The summed E-state index contributed by atoms with van der Waals surface area (Å²) in [6.45, 7) is 3.34. The summed E-state index contributed by atoms with van der Waals surface area (Å²) in [5.74, 6) is 2.53. The van der Waals surface area contributed by atoms with Crippen LogP contribution in [-0.2, 0) is 13.6 Å². The van der Waals surface area contributed by atoms with Crippen molar-refractivity contribution in [1.82, 2.24) is 19.7 Å². The Morgan fingerprint density at radius 2 is 2.00 bits per heavy atom. The zero-order valence-corrected chi connectivity index (χ0v) is 12.7. The maximum absolute atomic E-state index is 10.0. The van der Waals surface area contributed by atoms with Gasteiger partial charge in [0.25, 0.3) is 0 Å². The van der Waals surface area contributed by atoms with Crippen molar-refractivity contribution in [2.45, 2.75) is 19.6 Å². The predicted molar refractivity (Wildman–Crippen MR) is 80.0 cm³/mol. The molecule has 1 N–H and O–H groups in total. The minimum atomic E-state index is -0.551. The van der Waals surface area contributed by atoms with E-state index in [1.165, 1.54) is 0 Å². The van der Waals surface area contributed by atoms with E-state index in [0.717, 1.165) is 17.4 Å². The number of benzene rings is 1. The van der Waals surface area contributed by atoms with Crippen molar-refractivity contribution >= 4 is 0 Å². The maximum atomic E-state index is 10.0. The largest absolute Gasteiger partial charge is 0.491 e. The van der Waals surface area contributed by atoms with E-state index in [2.05, 4.69) is 10.2 Å². The van der Waals surface area contributed by atoms with Gasteiger partial charge in [-0.3, -0.25) is 4.90 Å². The van der Waals surface area contributed by atoms with Crippen LogP contribution in [0.25, 0.3) is 0 Å². The number of nitrogens with zero attached hydrogens (tertiary/aromatic N) is 4. The molecule has 1 aromatic heterocycles. The first kappa shape index (κ1) is 15.5.